The molecule has 3 aromatic carbocycles. The lowest BCUT2D eigenvalue weighted by Gasteiger charge is -2.09. The monoisotopic (exact) mass is 399 g/mol. The molecular formula is C25H21NO4. The van der Waals surface area contributed by atoms with Crippen LogP contribution in [0.2, 0.25) is 0 Å². The van der Waals surface area contributed by atoms with Gasteiger partial charge in [0.15, 0.2) is 22.9 Å². The molecule has 5 nitrogen and oxygen atoms in total. The molecule has 0 spiro atoms. The molecule has 0 amide bonds. The lowest BCUT2D eigenvalue weighted by atomic mass is 10.00. The smallest absolute Gasteiger partial charge is 0.231 e. The molecule has 0 saturated heterocycles. The number of Topliss-reactive ketones (excluding diaryl/α,β-unsaturated/α-hetero) is 1. The van der Waals surface area contributed by atoms with Crippen LogP contribution in [0, 0.1) is 6.92 Å². The summed E-state index contributed by atoms with van der Waals surface area (Å²) in [5, 5.41) is 0. The lowest BCUT2D eigenvalue weighted by molar-refractivity contribution is 0.105. The molecule has 0 aliphatic rings. The number of aromatic nitrogens is 1. The molecule has 0 N–H and O–H groups in total. The number of nitrogens with zero attached hydrogens (tertiary/aromatic N) is 1. The average molecular weight is 399 g/mol. The number of oxazole rings is 1. The number of ether oxygens (including phenoxy) is 2. The Labute approximate surface area is 174 Å². The molecule has 4 aromatic rings. The number of carbonyl (C=O) groups is 1. The van der Waals surface area contributed by atoms with Crippen LogP contribution in [0.3, 0.4) is 0 Å². The van der Waals surface area contributed by atoms with E-state index in [-0.39, 0.29) is 11.7 Å². The third-order valence-corrected chi connectivity index (χ3v) is 4.80. The van der Waals surface area contributed by atoms with Crippen LogP contribution in [0.1, 0.15) is 27.4 Å². The van der Waals surface area contributed by atoms with E-state index in [4.69, 9.17) is 13.9 Å². The molecule has 0 aliphatic carbocycles. The zero-order chi connectivity index (χ0) is 21.1. The molecule has 4 rings (SSSR count). The Bertz CT molecular complexity index is 1200. The minimum atomic E-state index is -0.170. The second kappa shape index (κ2) is 8.25. The van der Waals surface area contributed by atoms with Crippen molar-refractivity contribution in [3.8, 4) is 11.5 Å². The Morgan fingerprint density at radius 3 is 2.37 bits per heavy atom. The minimum Gasteiger partial charge on any atom is -0.493 e. The average Bonchev–Trinajstić information content (AvgIpc) is 3.21. The molecular weight excluding hydrogens is 378 g/mol. The molecule has 1 heterocycles. The van der Waals surface area contributed by atoms with Crippen LogP contribution in [0.25, 0.3) is 22.7 Å². The van der Waals surface area contributed by atoms with Crippen LogP contribution >= 0.6 is 0 Å². The van der Waals surface area contributed by atoms with Crippen molar-refractivity contribution in [2.75, 3.05) is 14.2 Å². The van der Waals surface area contributed by atoms with E-state index in [9.17, 15) is 4.79 Å². The molecule has 0 unspecified atom stereocenters. The van der Waals surface area contributed by atoms with Crippen LogP contribution in [0.5, 0.6) is 11.5 Å². The van der Waals surface area contributed by atoms with E-state index in [0.717, 1.165) is 11.1 Å². The molecule has 0 saturated carbocycles. The first-order valence-corrected chi connectivity index (χ1v) is 9.50. The van der Waals surface area contributed by atoms with E-state index in [0.29, 0.717) is 33.7 Å². The third-order valence-electron chi connectivity index (χ3n) is 4.80. The van der Waals surface area contributed by atoms with Gasteiger partial charge >= 0.3 is 0 Å². The first kappa shape index (κ1) is 19.5. The van der Waals surface area contributed by atoms with Gasteiger partial charge in [0.05, 0.1) is 19.8 Å². The van der Waals surface area contributed by atoms with Crippen molar-refractivity contribution in [3.63, 3.8) is 0 Å². The summed E-state index contributed by atoms with van der Waals surface area (Å²) in [7, 11) is 3.16. The van der Waals surface area contributed by atoms with Crippen molar-refractivity contribution in [1.29, 1.82) is 0 Å². The van der Waals surface area contributed by atoms with Crippen LogP contribution in [-0.4, -0.2) is 25.0 Å². The van der Waals surface area contributed by atoms with Crippen molar-refractivity contribution in [3.05, 3.63) is 89.3 Å². The van der Waals surface area contributed by atoms with Gasteiger partial charge in [-0.05, 0) is 42.8 Å². The van der Waals surface area contributed by atoms with Crippen molar-refractivity contribution in [2.24, 2.45) is 0 Å². The quantitative estimate of drug-likeness (QED) is 0.313. The predicted molar refractivity (Wildman–Crippen MR) is 117 cm³/mol. The fourth-order valence-corrected chi connectivity index (χ4v) is 3.18. The van der Waals surface area contributed by atoms with Gasteiger partial charge in [0, 0.05) is 5.56 Å². The molecule has 30 heavy (non-hydrogen) atoms. The number of para-hydroxylation sites is 2. The highest BCUT2D eigenvalue weighted by Crippen LogP contribution is 2.31. The number of aryl methyl sites for hydroxylation is 1. The molecule has 0 fully saturated rings. The topological polar surface area (TPSA) is 61.6 Å². The zero-order valence-corrected chi connectivity index (χ0v) is 17.0. The summed E-state index contributed by atoms with van der Waals surface area (Å²) in [6.07, 6.45) is 1.76. The number of benzene rings is 3. The Morgan fingerprint density at radius 1 is 0.933 bits per heavy atom. The fourth-order valence-electron chi connectivity index (χ4n) is 3.18. The summed E-state index contributed by atoms with van der Waals surface area (Å²) < 4.78 is 16.6. The summed E-state index contributed by atoms with van der Waals surface area (Å²) in [6.45, 7) is 1.98. The first-order chi connectivity index (χ1) is 14.6. The second-order valence-electron chi connectivity index (χ2n) is 6.85. The summed E-state index contributed by atoms with van der Waals surface area (Å²) >= 11 is 0. The number of hydrogen-bond acceptors (Lipinski definition) is 5. The fraction of sp³-hybridized carbons (Fsp3) is 0.120. The molecule has 0 radical (unpaired) electrons. The van der Waals surface area contributed by atoms with Crippen LogP contribution in [0.4, 0.5) is 0 Å². The number of carbonyl (C=O) groups excluding carboxylic acids is 1. The Hall–Kier alpha value is -3.86. The van der Waals surface area contributed by atoms with Gasteiger partial charge < -0.3 is 13.9 Å². The number of allylic oxidation sites excluding steroid dienone is 1. The van der Waals surface area contributed by atoms with E-state index in [1.54, 1.807) is 26.4 Å². The zero-order valence-electron chi connectivity index (χ0n) is 17.0. The summed E-state index contributed by atoms with van der Waals surface area (Å²) in [5.74, 6) is 1.29. The summed E-state index contributed by atoms with van der Waals surface area (Å²) in [4.78, 5) is 17.9. The first-order valence-electron chi connectivity index (χ1n) is 9.50. The largest absolute Gasteiger partial charge is 0.493 e. The summed E-state index contributed by atoms with van der Waals surface area (Å²) in [5.41, 5.74) is 4.10. The van der Waals surface area contributed by atoms with E-state index in [2.05, 4.69) is 4.98 Å². The molecule has 0 aliphatic heterocycles. The highest BCUT2D eigenvalue weighted by Gasteiger charge is 2.20. The van der Waals surface area contributed by atoms with E-state index < -0.39 is 0 Å². The van der Waals surface area contributed by atoms with Crippen molar-refractivity contribution in [2.45, 2.75) is 6.92 Å². The maximum atomic E-state index is 13.4. The second-order valence-corrected chi connectivity index (χ2v) is 6.85. The van der Waals surface area contributed by atoms with Gasteiger partial charge in [-0.2, -0.15) is 0 Å². The van der Waals surface area contributed by atoms with Crippen LogP contribution < -0.4 is 9.47 Å². The molecule has 150 valence electrons. The maximum absolute atomic E-state index is 13.4. The number of rotatable bonds is 6. The van der Waals surface area contributed by atoms with Gasteiger partial charge in [-0.15, -0.1) is 0 Å². The van der Waals surface area contributed by atoms with Crippen molar-refractivity contribution < 1.29 is 18.7 Å². The van der Waals surface area contributed by atoms with Gasteiger partial charge in [-0.25, -0.2) is 4.98 Å². The standard InChI is InChI=1S/C25H21NO4/c1-16-8-11-18(12-9-16)24(27)19(25-26-20-6-4-5-7-21(20)30-25)14-17-10-13-22(28-2)23(15-17)29-3/h4-15H,1-3H3/b19-14+. The number of fused-ring (bicyclic) bond motifs is 1. The molecule has 1 aromatic heterocycles. The third kappa shape index (κ3) is 3.82. The van der Waals surface area contributed by atoms with Crippen LogP contribution in [0.15, 0.2) is 71.1 Å². The maximum Gasteiger partial charge on any atom is 0.231 e. The molecule has 0 bridgehead atoms. The molecule has 5 heteroatoms. The van der Waals surface area contributed by atoms with Gasteiger partial charge in [0.1, 0.15) is 5.52 Å². The lowest BCUT2D eigenvalue weighted by Crippen LogP contribution is -2.03. The number of hydrogen-bond donors (Lipinski definition) is 0. The van der Waals surface area contributed by atoms with Crippen molar-refractivity contribution in [1.82, 2.24) is 4.98 Å². The van der Waals surface area contributed by atoms with Crippen LogP contribution in [-0.2, 0) is 0 Å². The van der Waals surface area contributed by atoms with Crippen molar-refractivity contribution >= 4 is 28.5 Å². The van der Waals surface area contributed by atoms with Gasteiger partial charge in [-0.3, -0.25) is 4.79 Å². The Morgan fingerprint density at radius 2 is 1.67 bits per heavy atom. The van der Waals surface area contributed by atoms with E-state index in [1.807, 2.05) is 67.6 Å². The normalized spacial score (nSPS) is 11.5. The van der Waals surface area contributed by atoms with Gasteiger partial charge in [-0.1, -0.05) is 48.0 Å². The van der Waals surface area contributed by atoms with Gasteiger partial charge in [0.25, 0.3) is 0 Å². The molecule has 0 atom stereocenters. The Balaban J connectivity index is 1.85. The Kier molecular flexibility index (Phi) is 5.35. The highest BCUT2D eigenvalue weighted by molar-refractivity contribution is 6.31. The summed E-state index contributed by atoms with van der Waals surface area (Å²) in [6, 6.07) is 20.3. The highest BCUT2D eigenvalue weighted by atomic mass is 16.5. The van der Waals surface area contributed by atoms with E-state index in [1.165, 1.54) is 0 Å². The number of methoxy groups -OCH3 is 2. The SMILES string of the molecule is COc1ccc(/C=C(\C(=O)c2ccc(C)cc2)c2nc3ccccc3o2)cc1OC. The number of ketones is 1. The van der Waals surface area contributed by atoms with E-state index >= 15 is 0 Å². The minimum absolute atomic E-state index is 0.170. The predicted octanol–water partition coefficient (Wildman–Crippen LogP) is 5.58. The van der Waals surface area contributed by atoms with Gasteiger partial charge in [0.2, 0.25) is 5.89 Å².